The van der Waals surface area contributed by atoms with Crippen LogP contribution in [-0.4, -0.2) is 43.8 Å². The van der Waals surface area contributed by atoms with Gasteiger partial charge in [-0.25, -0.2) is 4.98 Å². The second kappa shape index (κ2) is 8.54. The molecule has 4 aromatic rings. The molecule has 0 spiro atoms. The van der Waals surface area contributed by atoms with Crippen molar-refractivity contribution in [3.8, 4) is 45.5 Å². The molecule has 1 aliphatic rings. The zero-order valence-corrected chi connectivity index (χ0v) is 19.9. The van der Waals surface area contributed by atoms with Crippen LogP contribution in [0.5, 0.6) is 11.5 Å². The Labute approximate surface area is 199 Å². The van der Waals surface area contributed by atoms with Crippen LogP contribution in [0, 0.1) is 12.1 Å². The molecule has 7 nitrogen and oxygen atoms in total. The number of hydrogen-bond donors (Lipinski definition) is 3. The number of nitrogens with one attached hydrogen (secondary N) is 1. The van der Waals surface area contributed by atoms with E-state index in [-0.39, 0.29) is 17.4 Å². The first-order valence-corrected chi connectivity index (χ1v) is 11.6. The van der Waals surface area contributed by atoms with Gasteiger partial charge in [0.25, 0.3) is 0 Å². The molecule has 0 aliphatic carbocycles. The van der Waals surface area contributed by atoms with Crippen molar-refractivity contribution in [3.05, 3.63) is 58.9 Å². The summed E-state index contributed by atoms with van der Waals surface area (Å²) in [7, 11) is 2.10. The average molecular weight is 457 g/mol. The molecule has 7 heteroatoms. The molecule has 5 rings (SSSR count). The van der Waals surface area contributed by atoms with Crippen molar-refractivity contribution in [1.82, 2.24) is 20.0 Å². The van der Waals surface area contributed by atoms with Gasteiger partial charge in [-0.15, -0.1) is 0 Å². The third-order valence-electron chi connectivity index (χ3n) is 6.45. The largest absolute Gasteiger partial charge is 0.508 e. The van der Waals surface area contributed by atoms with Gasteiger partial charge in [0.05, 0.1) is 11.1 Å². The van der Waals surface area contributed by atoms with Gasteiger partial charge < -0.3 is 24.6 Å². The lowest BCUT2D eigenvalue weighted by Gasteiger charge is -2.23. The molecule has 0 radical (unpaired) electrons. The Hall–Kier alpha value is -3.76. The Morgan fingerprint density at radius 3 is 2.74 bits per heavy atom. The molecular formula is C27H28N4O3. The van der Waals surface area contributed by atoms with Crippen LogP contribution in [0.4, 0.5) is 0 Å². The summed E-state index contributed by atoms with van der Waals surface area (Å²) in [5.74, 6) is 1.02. The van der Waals surface area contributed by atoms with E-state index in [0.29, 0.717) is 34.0 Å². The van der Waals surface area contributed by atoms with E-state index in [1.807, 2.05) is 13.8 Å². The fourth-order valence-electron chi connectivity index (χ4n) is 4.46. The van der Waals surface area contributed by atoms with E-state index >= 15 is 0 Å². The van der Waals surface area contributed by atoms with Crippen LogP contribution >= 0.6 is 0 Å². The maximum absolute atomic E-state index is 10.8. The minimum absolute atomic E-state index is 0.0500. The number of H-pyrrole nitrogens is 1. The number of imidazole rings is 1. The number of nitrogens with zero attached hydrogens (tertiary/aromatic N) is 3. The van der Waals surface area contributed by atoms with E-state index in [2.05, 4.69) is 52.2 Å². The van der Waals surface area contributed by atoms with Crippen LogP contribution in [-0.2, 0) is 19.4 Å². The van der Waals surface area contributed by atoms with Crippen LogP contribution in [0.25, 0.3) is 34.0 Å². The molecular weight excluding hydrogens is 428 g/mol. The number of aryl methyl sites for hydroxylation is 1. The Kier molecular flexibility index (Phi) is 5.54. The first-order chi connectivity index (χ1) is 16.4. The summed E-state index contributed by atoms with van der Waals surface area (Å²) in [6.07, 6.45) is 3.53. The first kappa shape index (κ1) is 22.1. The number of aromatic hydroxyl groups is 2. The van der Waals surface area contributed by atoms with Crippen LogP contribution in [0.2, 0.25) is 0 Å². The van der Waals surface area contributed by atoms with Gasteiger partial charge in [0, 0.05) is 42.2 Å². The lowest BCUT2D eigenvalue weighted by atomic mass is 9.92. The molecule has 2 aromatic heterocycles. The molecule has 0 fully saturated rings. The fourth-order valence-corrected chi connectivity index (χ4v) is 4.46. The Balaban J connectivity index is 1.73. The van der Waals surface area contributed by atoms with Gasteiger partial charge in [0.1, 0.15) is 11.5 Å². The van der Waals surface area contributed by atoms with Gasteiger partial charge in [-0.1, -0.05) is 38.1 Å². The minimum atomic E-state index is -0.0805. The van der Waals surface area contributed by atoms with Crippen molar-refractivity contribution in [2.75, 3.05) is 13.6 Å². The normalized spacial score (nSPS) is 13.8. The summed E-state index contributed by atoms with van der Waals surface area (Å²) in [6, 6.07) is 11.9. The first-order valence-electron chi connectivity index (χ1n) is 11.6. The number of phenolic OH excluding ortho intramolecular Hbond substituents is 2. The number of rotatable bonds is 5. The number of likely N-dealkylation sites (N-methyl/N-ethyl adjacent to an activating group) is 1. The second-order valence-corrected chi connectivity index (χ2v) is 9.23. The van der Waals surface area contributed by atoms with Crippen molar-refractivity contribution in [2.24, 2.45) is 0 Å². The Bertz CT molecular complexity index is 1350. The monoisotopic (exact) mass is 456 g/mol. The summed E-state index contributed by atoms with van der Waals surface area (Å²) in [6.45, 7) is 7.84. The van der Waals surface area contributed by atoms with E-state index in [9.17, 15) is 10.2 Å². The van der Waals surface area contributed by atoms with Crippen LogP contribution in [0.15, 0.2) is 28.9 Å². The van der Waals surface area contributed by atoms with Crippen molar-refractivity contribution >= 4 is 0 Å². The van der Waals surface area contributed by atoms with E-state index in [0.717, 1.165) is 42.8 Å². The molecule has 0 saturated heterocycles. The van der Waals surface area contributed by atoms with Gasteiger partial charge >= 0.3 is 0 Å². The van der Waals surface area contributed by atoms with Crippen molar-refractivity contribution in [3.63, 3.8) is 0 Å². The van der Waals surface area contributed by atoms with Gasteiger partial charge in [-0.05, 0) is 49.1 Å². The SMILES string of the molecule is CCc1cnc(-c2noc(-c3cc(C(C)C)c(O)cc3O)c2-c2c#cc3c(c2)CCN(C)C3)[nH]1. The average Bonchev–Trinajstić information content (AvgIpc) is 3.45. The highest BCUT2D eigenvalue weighted by molar-refractivity contribution is 5.90. The summed E-state index contributed by atoms with van der Waals surface area (Å²) in [4.78, 5) is 10.1. The molecule has 1 aliphatic heterocycles. The maximum Gasteiger partial charge on any atom is 0.179 e. The molecule has 3 N–H and O–H groups in total. The highest BCUT2D eigenvalue weighted by Gasteiger charge is 2.27. The van der Waals surface area contributed by atoms with Gasteiger partial charge in [0.2, 0.25) is 0 Å². The predicted molar refractivity (Wildman–Crippen MR) is 129 cm³/mol. The van der Waals surface area contributed by atoms with E-state index in [4.69, 9.17) is 4.52 Å². The number of benzene rings is 1. The smallest absolute Gasteiger partial charge is 0.179 e. The Morgan fingerprint density at radius 1 is 1.18 bits per heavy atom. The highest BCUT2D eigenvalue weighted by atomic mass is 16.5. The van der Waals surface area contributed by atoms with Crippen molar-refractivity contribution in [1.29, 1.82) is 0 Å². The van der Waals surface area contributed by atoms with E-state index in [1.54, 1.807) is 12.3 Å². The number of aromatic amines is 1. The van der Waals surface area contributed by atoms with Crippen LogP contribution < -0.4 is 0 Å². The molecule has 0 bridgehead atoms. The lowest BCUT2D eigenvalue weighted by Crippen LogP contribution is -2.26. The van der Waals surface area contributed by atoms with Crippen molar-refractivity contribution < 1.29 is 14.7 Å². The number of aromatic nitrogens is 3. The predicted octanol–water partition coefficient (Wildman–Crippen LogP) is 5.08. The van der Waals surface area contributed by atoms with Gasteiger partial charge in [0.15, 0.2) is 17.3 Å². The topological polar surface area (TPSA) is 98.4 Å². The van der Waals surface area contributed by atoms with Crippen molar-refractivity contribution in [2.45, 2.75) is 46.1 Å². The zero-order chi connectivity index (χ0) is 24.0. The van der Waals surface area contributed by atoms with Crippen LogP contribution in [0.3, 0.4) is 0 Å². The summed E-state index contributed by atoms with van der Waals surface area (Å²) in [5, 5.41) is 25.5. The van der Waals surface area contributed by atoms with E-state index in [1.165, 1.54) is 11.6 Å². The molecule has 174 valence electrons. The molecule has 34 heavy (non-hydrogen) atoms. The number of hydrogen-bond acceptors (Lipinski definition) is 6. The number of fused-ring (bicyclic) bond motifs is 1. The summed E-state index contributed by atoms with van der Waals surface area (Å²) < 4.78 is 5.86. The van der Waals surface area contributed by atoms with Gasteiger partial charge in [-0.3, -0.25) is 0 Å². The summed E-state index contributed by atoms with van der Waals surface area (Å²) in [5.41, 5.74) is 6.54. The molecule has 0 amide bonds. The molecule has 3 heterocycles. The van der Waals surface area contributed by atoms with Crippen LogP contribution in [0.1, 0.15) is 49.1 Å². The zero-order valence-electron chi connectivity index (χ0n) is 19.9. The molecule has 0 unspecified atom stereocenters. The maximum atomic E-state index is 10.8. The molecule has 0 saturated carbocycles. The number of phenols is 2. The third kappa shape index (κ3) is 3.80. The standard InChI is InChI=1S/C27H28N4O3/c1-5-19-13-28-27(29-19)25-24(17-6-7-18-14-31(4)9-8-16(18)10-17)26(34-30-25)21-11-20(15(2)3)22(32)12-23(21)33/h10-13,15,32-33H,5,8-9,14H2,1-4H3,(H,28,29). The molecule has 0 atom stereocenters. The highest BCUT2D eigenvalue weighted by Crippen LogP contribution is 2.44. The third-order valence-corrected chi connectivity index (χ3v) is 6.45. The van der Waals surface area contributed by atoms with E-state index < -0.39 is 0 Å². The summed E-state index contributed by atoms with van der Waals surface area (Å²) >= 11 is 0. The minimum Gasteiger partial charge on any atom is -0.508 e. The lowest BCUT2D eigenvalue weighted by molar-refractivity contribution is 0.313. The molecule has 2 aromatic carbocycles. The fraction of sp³-hybridized carbons (Fsp3) is 0.333. The Morgan fingerprint density at radius 2 is 2.00 bits per heavy atom. The van der Waals surface area contributed by atoms with Gasteiger partial charge in [-0.2, -0.15) is 0 Å². The quantitative estimate of drug-likeness (QED) is 0.387. The second-order valence-electron chi connectivity index (χ2n) is 9.23.